The van der Waals surface area contributed by atoms with E-state index < -0.39 is 16.0 Å². The van der Waals surface area contributed by atoms with E-state index >= 15 is 0 Å². The lowest BCUT2D eigenvalue weighted by Gasteiger charge is -2.13. The number of aliphatic carboxylic acids is 1. The van der Waals surface area contributed by atoms with Gasteiger partial charge in [-0.1, -0.05) is 0 Å². The van der Waals surface area contributed by atoms with E-state index in [4.69, 9.17) is 0 Å². The van der Waals surface area contributed by atoms with E-state index in [1.807, 2.05) is 16.8 Å². The van der Waals surface area contributed by atoms with Crippen LogP contribution in [0.25, 0.3) is 11.6 Å². The Kier molecular flexibility index (Phi) is 4.67. The molecule has 0 saturated carbocycles. The molecule has 0 radical (unpaired) electrons. The fourth-order valence-corrected chi connectivity index (χ4v) is 6.02. The van der Waals surface area contributed by atoms with Gasteiger partial charge in [-0.25, -0.2) is 13.2 Å². The molecule has 3 heterocycles. The zero-order valence-electron chi connectivity index (χ0n) is 12.1. The van der Waals surface area contributed by atoms with Crippen molar-refractivity contribution in [1.82, 2.24) is 4.31 Å². The summed E-state index contributed by atoms with van der Waals surface area (Å²) in [6.45, 7) is 1.07. The van der Waals surface area contributed by atoms with Gasteiger partial charge >= 0.3 is 5.97 Å². The number of nitrogens with zero attached hydrogens (tertiary/aromatic N) is 1. The lowest BCUT2D eigenvalue weighted by atomic mass is 10.1. The summed E-state index contributed by atoms with van der Waals surface area (Å²) in [5, 5.41) is 13.1. The Labute approximate surface area is 142 Å². The molecular formula is C15H15NO4S3. The van der Waals surface area contributed by atoms with Crippen LogP contribution in [-0.4, -0.2) is 36.9 Å². The maximum atomic E-state index is 12.5. The lowest BCUT2D eigenvalue weighted by molar-refractivity contribution is -0.130. The van der Waals surface area contributed by atoms with Gasteiger partial charge in [0.15, 0.2) is 0 Å². The van der Waals surface area contributed by atoms with Crippen LogP contribution in [0.5, 0.6) is 0 Å². The predicted octanol–water partition coefficient (Wildman–Crippen LogP) is 3.22. The largest absolute Gasteiger partial charge is 0.478 e. The van der Waals surface area contributed by atoms with Crippen molar-refractivity contribution < 1.29 is 18.3 Å². The molecule has 5 nitrogen and oxygen atoms in total. The molecule has 1 N–H and O–H groups in total. The van der Waals surface area contributed by atoms with E-state index in [9.17, 15) is 18.3 Å². The summed E-state index contributed by atoms with van der Waals surface area (Å²) < 4.78 is 26.7. The number of hydrogen-bond acceptors (Lipinski definition) is 5. The Bertz CT molecular complexity index is 828. The monoisotopic (exact) mass is 369 g/mol. The first-order chi connectivity index (χ1) is 11.0. The second-order valence-corrected chi connectivity index (χ2v) is 9.18. The van der Waals surface area contributed by atoms with Gasteiger partial charge in [0.1, 0.15) is 4.21 Å². The van der Waals surface area contributed by atoms with Gasteiger partial charge < -0.3 is 5.11 Å². The molecule has 122 valence electrons. The van der Waals surface area contributed by atoms with Crippen molar-refractivity contribution in [2.75, 3.05) is 13.1 Å². The van der Waals surface area contributed by atoms with Crippen molar-refractivity contribution in [1.29, 1.82) is 0 Å². The smallest absolute Gasteiger partial charge is 0.337 e. The molecule has 0 bridgehead atoms. The quantitative estimate of drug-likeness (QED) is 0.821. The molecule has 0 unspecified atom stereocenters. The number of carboxylic acid groups (broad SMARTS) is 1. The van der Waals surface area contributed by atoms with Crippen molar-refractivity contribution in [3.05, 3.63) is 39.4 Å². The summed E-state index contributed by atoms with van der Waals surface area (Å²) in [5.74, 6) is -1.07. The summed E-state index contributed by atoms with van der Waals surface area (Å²) in [4.78, 5) is 12.0. The van der Waals surface area contributed by atoms with E-state index in [1.54, 1.807) is 12.1 Å². The van der Waals surface area contributed by atoms with Crippen LogP contribution in [0, 0.1) is 0 Å². The SMILES string of the molecule is O=C(O)/C(=C\c1ccsc1)c1ccc(S(=O)(=O)N2CCCC2)s1. The van der Waals surface area contributed by atoms with Crippen molar-refractivity contribution in [2.45, 2.75) is 17.1 Å². The molecule has 1 fully saturated rings. The molecule has 8 heteroatoms. The zero-order chi connectivity index (χ0) is 16.4. The van der Waals surface area contributed by atoms with Crippen LogP contribution in [0.4, 0.5) is 0 Å². The maximum Gasteiger partial charge on any atom is 0.337 e. The van der Waals surface area contributed by atoms with Crippen LogP contribution in [-0.2, 0) is 14.8 Å². The molecule has 1 saturated heterocycles. The molecular weight excluding hydrogens is 354 g/mol. The number of thiophene rings is 2. The summed E-state index contributed by atoms with van der Waals surface area (Å²) >= 11 is 2.49. The molecule has 0 aliphatic carbocycles. The van der Waals surface area contributed by atoms with E-state index in [2.05, 4.69) is 0 Å². The Morgan fingerprint density at radius 1 is 1.22 bits per heavy atom. The molecule has 23 heavy (non-hydrogen) atoms. The zero-order valence-corrected chi connectivity index (χ0v) is 14.6. The molecule has 0 spiro atoms. The Morgan fingerprint density at radius 3 is 2.57 bits per heavy atom. The molecule has 1 aliphatic heterocycles. The van der Waals surface area contributed by atoms with E-state index in [1.165, 1.54) is 21.7 Å². The minimum Gasteiger partial charge on any atom is -0.478 e. The minimum absolute atomic E-state index is 0.108. The van der Waals surface area contributed by atoms with Crippen molar-refractivity contribution in [3.8, 4) is 0 Å². The van der Waals surface area contributed by atoms with Gasteiger partial charge in [-0.05, 0) is 53.4 Å². The Morgan fingerprint density at radius 2 is 1.96 bits per heavy atom. The van der Waals surface area contributed by atoms with Gasteiger partial charge in [-0.2, -0.15) is 15.6 Å². The van der Waals surface area contributed by atoms with E-state index in [-0.39, 0.29) is 9.78 Å². The van der Waals surface area contributed by atoms with Gasteiger partial charge in [0.05, 0.1) is 5.57 Å². The van der Waals surface area contributed by atoms with Crippen LogP contribution in [0.2, 0.25) is 0 Å². The molecule has 3 rings (SSSR count). The first kappa shape index (κ1) is 16.4. The first-order valence-corrected chi connectivity index (χ1v) is 10.3. The summed E-state index contributed by atoms with van der Waals surface area (Å²) in [7, 11) is -3.51. The van der Waals surface area contributed by atoms with E-state index in [0.29, 0.717) is 18.0 Å². The van der Waals surface area contributed by atoms with Crippen molar-refractivity contribution >= 4 is 50.3 Å². The highest BCUT2D eigenvalue weighted by Gasteiger charge is 2.29. The second-order valence-electron chi connectivity index (χ2n) is 5.15. The van der Waals surface area contributed by atoms with Crippen LogP contribution >= 0.6 is 22.7 Å². The third-order valence-electron chi connectivity index (χ3n) is 3.59. The molecule has 1 aliphatic rings. The lowest BCUT2D eigenvalue weighted by Crippen LogP contribution is -2.27. The van der Waals surface area contributed by atoms with Gasteiger partial charge in [-0.15, -0.1) is 11.3 Å². The third-order valence-corrected chi connectivity index (χ3v) is 7.78. The number of carboxylic acids is 1. The third kappa shape index (κ3) is 3.40. The fraction of sp³-hybridized carbons (Fsp3) is 0.267. The standard InChI is InChI=1S/C15H15NO4S3/c17-15(18)12(9-11-5-8-21-10-11)13-3-4-14(22-13)23(19,20)16-6-1-2-7-16/h3-5,8-10H,1-2,6-7H2,(H,17,18)/b12-9-. The van der Waals surface area contributed by atoms with Gasteiger partial charge in [0.25, 0.3) is 10.0 Å². The first-order valence-electron chi connectivity index (χ1n) is 7.06. The molecule has 0 atom stereocenters. The summed E-state index contributed by atoms with van der Waals surface area (Å²) in [6.07, 6.45) is 3.31. The highest BCUT2D eigenvalue weighted by Crippen LogP contribution is 2.32. The van der Waals surface area contributed by atoms with Crippen LogP contribution in [0.3, 0.4) is 0 Å². The Hall–Kier alpha value is -1.48. The topological polar surface area (TPSA) is 74.7 Å². The van der Waals surface area contributed by atoms with Crippen LogP contribution < -0.4 is 0 Å². The number of sulfonamides is 1. The second kappa shape index (κ2) is 6.56. The maximum absolute atomic E-state index is 12.5. The number of rotatable bonds is 5. The van der Waals surface area contributed by atoms with Crippen LogP contribution in [0.15, 0.2) is 33.2 Å². The minimum atomic E-state index is -3.51. The summed E-state index contributed by atoms with van der Waals surface area (Å²) in [5.41, 5.74) is 0.904. The summed E-state index contributed by atoms with van der Waals surface area (Å²) in [6, 6.07) is 4.89. The van der Waals surface area contributed by atoms with Crippen molar-refractivity contribution in [2.24, 2.45) is 0 Å². The number of carbonyl (C=O) groups is 1. The van der Waals surface area contributed by atoms with Gasteiger partial charge in [0, 0.05) is 18.0 Å². The van der Waals surface area contributed by atoms with Gasteiger partial charge in [-0.3, -0.25) is 0 Å². The molecule has 2 aromatic rings. The van der Waals surface area contributed by atoms with E-state index in [0.717, 1.165) is 29.7 Å². The fourth-order valence-electron chi connectivity index (χ4n) is 2.42. The average Bonchev–Trinajstić information content (AvgIpc) is 3.24. The highest BCUT2D eigenvalue weighted by atomic mass is 32.2. The number of hydrogen-bond donors (Lipinski definition) is 1. The molecule has 0 aromatic carbocycles. The predicted molar refractivity (Wildman–Crippen MR) is 92.1 cm³/mol. The normalized spacial score (nSPS) is 16.8. The molecule has 0 amide bonds. The average molecular weight is 369 g/mol. The molecule has 2 aromatic heterocycles. The highest BCUT2D eigenvalue weighted by molar-refractivity contribution is 7.91. The van der Waals surface area contributed by atoms with Gasteiger partial charge in [0.2, 0.25) is 0 Å². The van der Waals surface area contributed by atoms with Crippen molar-refractivity contribution in [3.63, 3.8) is 0 Å². The van der Waals surface area contributed by atoms with Crippen LogP contribution in [0.1, 0.15) is 23.3 Å². The Balaban J connectivity index is 1.95.